The fourth-order valence-corrected chi connectivity index (χ4v) is 1.68. The second kappa shape index (κ2) is 10.4. The Morgan fingerprint density at radius 3 is 2.58 bits per heavy atom. The third-order valence-electron chi connectivity index (χ3n) is 2.75. The summed E-state index contributed by atoms with van der Waals surface area (Å²) in [6.07, 6.45) is 4.25. The molecule has 1 aromatic rings. The van der Waals surface area contributed by atoms with Crippen molar-refractivity contribution < 1.29 is 14.6 Å². The lowest BCUT2D eigenvalue weighted by atomic mass is 10.2. The fraction of sp³-hybridized carbons (Fsp3) is 0.533. The summed E-state index contributed by atoms with van der Waals surface area (Å²) in [4.78, 5) is 11.5. The van der Waals surface area contributed by atoms with Gasteiger partial charge < -0.3 is 15.2 Å². The molecular weight excluding hydrogens is 242 g/mol. The van der Waals surface area contributed by atoms with Gasteiger partial charge in [-0.05, 0) is 25.0 Å². The normalized spacial score (nSPS) is 10.2. The zero-order valence-electron chi connectivity index (χ0n) is 11.3. The molecule has 0 unspecified atom stereocenters. The van der Waals surface area contributed by atoms with Gasteiger partial charge in [0.1, 0.15) is 5.75 Å². The Morgan fingerprint density at radius 2 is 1.84 bits per heavy atom. The van der Waals surface area contributed by atoms with E-state index in [1.165, 1.54) is 0 Å². The number of carbonyl (C=O) groups excluding carboxylic acids is 1. The molecular formula is C15H23NO3. The summed E-state index contributed by atoms with van der Waals surface area (Å²) in [5, 5.41) is 11.5. The zero-order valence-corrected chi connectivity index (χ0v) is 11.3. The first kappa shape index (κ1) is 15.5. The highest BCUT2D eigenvalue weighted by molar-refractivity contribution is 5.75. The molecule has 0 atom stereocenters. The van der Waals surface area contributed by atoms with Gasteiger partial charge >= 0.3 is 0 Å². The molecule has 106 valence electrons. The van der Waals surface area contributed by atoms with Gasteiger partial charge in [-0.25, -0.2) is 0 Å². The van der Waals surface area contributed by atoms with Crippen LogP contribution < -0.4 is 10.1 Å². The van der Waals surface area contributed by atoms with Crippen LogP contribution in [0.2, 0.25) is 0 Å². The monoisotopic (exact) mass is 265 g/mol. The molecule has 0 aromatic heterocycles. The van der Waals surface area contributed by atoms with Crippen LogP contribution in [0.3, 0.4) is 0 Å². The number of benzene rings is 1. The Hall–Kier alpha value is -1.55. The van der Waals surface area contributed by atoms with Gasteiger partial charge in [-0.3, -0.25) is 4.79 Å². The summed E-state index contributed by atoms with van der Waals surface area (Å²) in [7, 11) is 0. The van der Waals surface area contributed by atoms with Crippen LogP contribution in [0.25, 0.3) is 0 Å². The predicted octanol–water partition coefficient (Wildman–Crippen LogP) is 2.12. The SMILES string of the molecule is O=C(CCOc1ccccc1)NCCCCCCO. The molecule has 0 aliphatic rings. The number of hydrogen-bond donors (Lipinski definition) is 2. The van der Waals surface area contributed by atoms with E-state index in [0.29, 0.717) is 19.6 Å². The molecule has 0 bridgehead atoms. The first-order valence-corrected chi connectivity index (χ1v) is 6.88. The highest BCUT2D eigenvalue weighted by Gasteiger charge is 2.01. The van der Waals surface area contributed by atoms with Crippen LogP contribution in [0, 0.1) is 0 Å². The van der Waals surface area contributed by atoms with E-state index in [9.17, 15) is 4.79 Å². The summed E-state index contributed by atoms with van der Waals surface area (Å²) in [5.74, 6) is 0.817. The second-order valence-corrected chi connectivity index (χ2v) is 4.40. The average molecular weight is 265 g/mol. The Balaban J connectivity index is 1.96. The van der Waals surface area contributed by atoms with Gasteiger partial charge in [-0.2, -0.15) is 0 Å². The maximum atomic E-state index is 11.5. The summed E-state index contributed by atoms with van der Waals surface area (Å²) < 4.78 is 5.45. The van der Waals surface area contributed by atoms with Gasteiger partial charge in [-0.15, -0.1) is 0 Å². The van der Waals surface area contributed by atoms with Crippen molar-refractivity contribution >= 4 is 5.91 Å². The quantitative estimate of drug-likeness (QED) is 0.637. The van der Waals surface area contributed by atoms with E-state index in [4.69, 9.17) is 9.84 Å². The van der Waals surface area contributed by atoms with Crippen LogP contribution in [0.4, 0.5) is 0 Å². The fourth-order valence-electron chi connectivity index (χ4n) is 1.68. The lowest BCUT2D eigenvalue weighted by Crippen LogP contribution is -2.25. The molecule has 1 aromatic carbocycles. The van der Waals surface area contributed by atoms with Crippen LogP contribution in [0.15, 0.2) is 30.3 Å². The minimum atomic E-state index is 0.0260. The van der Waals surface area contributed by atoms with Crippen molar-refractivity contribution in [3.63, 3.8) is 0 Å². The van der Waals surface area contributed by atoms with E-state index in [1.807, 2.05) is 30.3 Å². The number of ether oxygens (including phenoxy) is 1. The second-order valence-electron chi connectivity index (χ2n) is 4.40. The van der Waals surface area contributed by atoms with Crippen molar-refractivity contribution in [2.75, 3.05) is 19.8 Å². The molecule has 0 saturated carbocycles. The Labute approximate surface area is 114 Å². The summed E-state index contributed by atoms with van der Waals surface area (Å²) in [5.41, 5.74) is 0. The number of unbranched alkanes of at least 4 members (excludes halogenated alkanes) is 3. The van der Waals surface area contributed by atoms with Crippen LogP contribution in [-0.2, 0) is 4.79 Å². The molecule has 2 N–H and O–H groups in total. The summed E-state index contributed by atoms with van der Waals surface area (Å²) in [6, 6.07) is 9.48. The number of aliphatic hydroxyl groups is 1. The molecule has 0 saturated heterocycles. The van der Waals surface area contributed by atoms with Crippen molar-refractivity contribution in [2.45, 2.75) is 32.1 Å². The zero-order chi connectivity index (χ0) is 13.8. The molecule has 4 nitrogen and oxygen atoms in total. The Bertz CT molecular complexity index is 341. The van der Waals surface area contributed by atoms with E-state index in [0.717, 1.165) is 31.4 Å². The number of carbonyl (C=O) groups is 1. The average Bonchev–Trinajstić information content (AvgIpc) is 2.44. The molecule has 19 heavy (non-hydrogen) atoms. The molecule has 0 spiro atoms. The predicted molar refractivity (Wildman–Crippen MR) is 75.1 cm³/mol. The lowest BCUT2D eigenvalue weighted by Gasteiger charge is -2.07. The van der Waals surface area contributed by atoms with Crippen molar-refractivity contribution in [2.24, 2.45) is 0 Å². The summed E-state index contributed by atoms with van der Waals surface area (Å²) >= 11 is 0. The van der Waals surface area contributed by atoms with Crippen molar-refractivity contribution in [1.29, 1.82) is 0 Å². The van der Waals surface area contributed by atoms with E-state index in [1.54, 1.807) is 0 Å². The topological polar surface area (TPSA) is 58.6 Å². The molecule has 1 amide bonds. The van der Waals surface area contributed by atoms with Gasteiger partial charge in [0.15, 0.2) is 0 Å². The molecule has 4 heteroatoms. The Kier molecular flexibility index (Phi) is 8.47. The molecule has 0 aliphatic heterocycles. The van der Waals surface area contributed by atoms with Gasteiger partial charge in [0.25, 0.3) is 0 Å². The highest BCUT2D eigenvalue weighted by Crippen LogP contribution is 2.08. The molecule has 0 fully saturated rings. The van der Waals surface area contributed by atoms with Crippen LogP contribution >= 0.6 is 0 Å². The number of para-hydroxylation sites is 1. The number of aliphatic hydroxyl groups excluding tert-OH is 1. The van der Waals surface area contributed by atoms with E-state index in [-0.39, 0.29) is 12.5 Å². The molecule has 0 heterocycles. The molecule has 1 rings (SSSR count). The minimum Gasteiger partial charge on any atom is -0.493 e. The van der Waals surface area contributed by atoms with Gasteiger partial charge in [-0.1, -0.05) is 31.0 Å². The first-order chi connectivity index (χ1) is 9.33. The third kappa shape index (κ3) is 8.21. The van der Waals surface area contributed by atoms with Crippen molar-refractivity contribution in [3.05, 3.63) is 30.3 Å². The van der Waals surface area contributed by atoms with Crippen LogP contribution in [0.1, 0.15) is 32.1 Å². The maximum Gasteiger partial charge on any atom is 0.223 e. The van der Waals surface area contributed by atoms with Crippen molar-refractivity contribution in [1.82, 2.24) is 5.32 Å². The van der Waals surface area contributed by atoms with Crippen LogP contribution in [-0.4, -0.2) is 30.8 Å². The number of rotatable bonds is 10. The van der Waals surface area contributed by atoms with E-state index in [2.05, 4.69) is 5.32 Å². The van der Waals surface area contributed by atoms with Crippen molar-refractivity contribution in [3.8, 4) is 5.75 Å². The van der Waals surface area contributed by atoms with E-state index >= 15 is 0 Å². The standard InChI is InChI=1S/C15H23NO3/c17-12-7-2-1-6-11-16-15(18)10-13-19-14-8-4-3-5-9-14/h3-5,8-9,17H,1-2,6-7,10-13H2,(H,16,18). The largest absolute Gasteiger partial charge is 0.493 e. The number of amides is 1. The molecule has 0 aliphatic carbocycles. The highest BCUT2D eigenvalue weighted by atomic mass is 16.5. The van der Waals surface area contributed by atoms with Gasteiger partial charge in [0.05, 0.1) is 13.0 Å². The Morgan fingerprint density at radius 1 is 1.11 bits per heavy atom. The number of nitrogens with one attached hydrogen (secondary N) is 1. The first-order valence-electron chi connectivity index (χ1n) is 6.88. The maximum absolute atomic E-state index is 11.5. The minimum absolute atomic E-state index is 0.0260. The lowest BCUT2D eigenvalue weighted by molar-refractivity contribution is -0.121. The molecule has 0 radical (unpaired) electrons. The van der Waals surface area contributed by atoms with Crippen LogP contribution in [0.5, 0.6) is 5.75 Å². The third-order valence-corrected chi connectivity index (χ3v) is 2.75. The van der Waals surface area contributed by atoms with Gasteiger partial charge in [0.2, 0.25) is 5.91 Å². The number of hydrogen-bond acceptors (Lipinski definition) is 3. The summed E-state index contributed by atoms with van der Waals surface area (Å²) in [6.45, 7) is 1.36. The van der Waals surface area contributed by atoms with Gasteiger partial charge in [0, 0.05) is 13.2 Å². The van der Waals surface area contributed by atoms with E-state index < -0.39 is 0 Å². The smallest absolute Gasteiger partial charge is 0.223 e.